The van der Waals surface area contributed by atoms with E-state index in [-0.39, 0.29) is 5.56 Å². The summed E-state index contributed by atoms with van der Waals surface area (Å²) in [5.41, 5.74) is 2.32. The van der Waals surface area contributed by atoms with Crippen molar-refractivity contribution in [3.05, 3.63) is 81.7 Å². The number of halogens is 2. The second kappa shape index (κ2) is 8.49. The van der Waals surface area contributed by atoms with Crippen LogP contribution < -0.4 is 0 Å². The van der Waals surface area contributed by atoms with E-state index in [1.54, 1.807) is 11.3 Å². The van der Waals surface area contributed by atoms with Gasteiger partial charge in [-0.15, -0.1) is 22.7 Å². The molecule has 0 saturated carbocycles. The summed E-state index contributed by atoms with van der Waals surface area (Å²) in [6.45, 7) is 4.06. The minimum absolute atomic E-state index is 0.173. The van der Waals surface area contributed by atoms with E-state index < -0.39 is 11.6 Å². The number of hydrogen-bond acceptors (Lipinski definition) is 2. The van der Waals surface area contributed by atoms with Crippen LogP contribution in [-0.2, 0) is 12.8 Å². The monoisotopic (exact) mass is 422 g/mol. The summed E-state index contributed by atoms with van der Waals surface area (Å²) in [6.07, 6.45) is 2.89. The maximum atomic E-state index is 14.1. The molecule has 29 heavy (non-hydrogen) atoms. The molecule has 0 radical (unpaired) electrons. The highest BCUT2D eigenvalue weighted by Gasteiger charge is 2.09. The largest absolute Gasteiger partial charge is 0.206 e. The van der Waals surface area contributed by atoms with Gasteiger partial charge in [-0.05, 0) is 60.4 Å². The van der Waals surface area contributed by atoms with Gasteiger partial charge in [0.2, 0.25) is 0 Å². The molecule has 0 aliphatic carbocycles. The molecule has 4 rings (SSSR count). The average molecular weight is 423 g/mol. The second-order valence-corrected chi connectivity index (χ2v) is 9.17. The lowest BCUT2D eigenvalue weighted by Gasteiger charge is -2.01. The maximum Gasteiger partial charge on any atom is 0.142 e. The highest BCUT2D eigenvalue weighted by molar-refractivity contribution is 7.29. The number of rotatable bonds is 4. The molecule has 0 fully saturated rings. The molecule has 2 heterocycles. The smallest absolute Gasteiger partial charge is 0.142 e. The van der Waals surface area contributed by atoms with Crippen LogP contribution in [-0.4, -0.2) is 0 Å². The standard InChI is InChI=1S/C25H20F2S2/c1-3-5-19-14-24-25(28-19)15-23(29-24)18-9-6-17(7-10-18)8-11-20-21(26)12-16(4-2)13-22(20)27/h6-7,9-10,12-15H,3-5H2,1-2H3. The number of thiophene rings is 2. The van der Waals surface area contributed by atoms with Crippen LogP contribution in [0, 0.1) is 23.5 Å². The summed E-state index contributed by atoms with van der Waals surface area (Å²) < 4.78 is 30.9. The number of fused-ring (bicyclic) bond motifs is 1. The molecular weight excluding hydrogens is 402 g/mol. The molecule has 0 atom stereocenters. The van der Waals surface area contributed by atoms with Crippen molar-refractivity contribution >= 4 is 32.1 Å². The van der Waals surface area contributed by atoms with Gasteiger partial charge in [-0.2, -0.15) is 0 Å². The van der Waals surface area contributed by atoms with Crippen LogP contribution in [0.3, 0.4) is 0 Å². The Morgan fingerprint density at radius 1 is 0.828 bits per heavy atom. The van der Waals surface area contributed by atoms with Gasteiger partial charge in [-0.1, -0.05) is 44.2 Å². The van der Waals surface area contributed by atoms with Gasteiger partial charge in [0.05, 0.1) is 5.56 Å². The van der Waals surface area contributed by atoms with Gasteiger partial charge in [0, 0.05) is 24.7 Å². The molecule has 4 aromatic rings. The minimum Gasteiger partial charge on any atom is -0.206 e. The van der Waals surface area contributed by atoms with Crippen molar-refractivity contribution in [1.29, 1.82) is 0 Å². The third-order valence-electron chi connectivity index (χ3n) is 4.77. The van der Waals surface area contributed by atoms with E-state index in [0.717, 1.165) is 17.5 Å². The van der Waals surface area contributed by atoms with Gasteiger partial charge < -0.3 is 0 Å². The zero-order valence-corrected chi connectivity index (χ0v) is 17.9. The van der Waals surface area contributed by atoms with E-state index in [2.05, 4.69) is 30.9 Å². The van der Waals surface area contributed by atoms with Crippen molar-refractivity contribution < 1.29 is 8.78 Å². The first kappa shape index (κ1) is 19.8. The normalized spacial score (nSPS) is 10.9. The van der Waals surface area contributed by atoms with E-state index in [1.165, 1.54) is 37.7 Å². The molecule has 0 bridgehead atoms. The van der Waals surface area contributed by atoms with Gasteiger partial charge in [-0.3, -0.25) is 0 Å². The SMILES string of the molecule is CCCc1cc2sc(-c3ccc(C#Cc4c(F)cc(CC)cc4F)cc3)cc2s1. The Kier molecular flexibility index (Phi) is 5.80. The van der Waals surface area contributed by atoms with Gasteiger partial charge >= 0.3 is 0 Å². The Balaban J connectivity index is 1.56. The van der Waals surface area contributed by atoms with Crippen LogP contribution in [0.2, 0.25) is 0 Å². The maximum absolute atomic E-state index is 14.1. The molecule has 0 spiro atoms. The lowest BCUT2D eigenvalue weighted by Crippen LogP contribution is -1.93. The lowest BCUT2D eigenvalue weighted by molar-refractivity contribution is 0.574. The zero-order chi connectivity index (χ0) is 20.4. The molecule has 0 aliphatic heterocycles. The Labute approximate surface area is 177 Å². The van der Waals surface area contributed by atoms with Crippen LogP contribution >= 0.6 is 22.7 Å². The molecule has 2 aromatic heterocycles. The van der Waals surface area contributed by atoms with Crippen LogP contribution in [0.4, 0.5) is 8.78 Å². The van der Waals surface area contributed by atoms with Crippen molar-refractivity contribution in [3.8, 4) is 22.3 Å². The molecule has 4 heteroatoms. The summed E-state index contributed by atoms with van der Waals surface area (Å²) in [5.74, 6) is 4.32. The summed E-state index contributed by atoms with van der Waals surface area (Å²) in [7, 11) is 0. The van der Waals surface area contributed by atoms with E-state index in [1.807, 2.05) is 42.5 Å². The molecule has 2 aromatic carbocycles. The van der Waals surface area contributed by atoms with E-state index >= 15 is 0 Å². The Bertz CT molecular complexity index is 1160. The third kappa shape index (κ3) is 4.27. The first-order valence-corrected chi connectivity index (χ1v) is 11.3. The number of benzene rings is 2. The average Bonchev–Trinajstić information content (AvgIpc) is 3.26. The predicted octanol–water partition coefficient (Wildman–Crippen LogP) is 7.82. The number of aryl methyl sites for hydroxylation is 2. The fourth-order valence-corrected chi connectivity index (χ4v) is 5.73. The Morgan fingerprint density at radius 3 is 2.14 bits per heavy atom. The van der Waals surface area contributed by atoms with E-state index in [4.69, 9.17) is 0 Å². The van der Waals surface area contributed by atoms with Gasteiger partial charge in [0.15, 0.2) is 0 Å². The topological polar surface area (TPSA) is 0 Å². The second-order valence-electron chi connectivity index (χ2n) is 6.92. The quantitative estimate of drug-likeness (QED) is 0.294. The van der Waals surface area contributed by atoms with Crippen molar-refractivity contribution in [3.63, 3.8) is 0 Å². The van der Waals surface area contributed by atoms with Crippen molar-refractivity contribution in [2.24, 2.45) is 0 Å². The van der Waals surface area contributed by atoms with Crippen LogP contribution in [0.25, 0.3) is 19.8 Å². The summed E-state index contributed by atoms with van der Waals surface area (Å²) in [6, 6.07) is 15.1. The molecule has 0 amide bonds. The van der Waals surface area contributed by atoms with Gasteiger partial charge in [-0.25, -0.2) is 8.78 Å². The summed E-state index contributed by atoms with van der Waals surface area (Å²) in [5, 5.41) is 0. The third-order valence-corrected chi connectivity index (χ3v) is 7.17. The van der Waals surface area contributed by atoms with Gasteiger partial charge in [0.25, 0.3) is 0 Å². The highest BCUT2D eigenvalue weighted by atomic mass is 32.1. The van der Waals surface area contributed by atoms with Crippen LogP contribution in [0.5, 0.6) is 0 Å². The van der Waals surface area contributed by atoms with Crippen LogP contribution in [0.1, 0.15) is 41.8 Å². The molecule has 0 saturated heterocycles. The molecule has 146 valence electrons. The predicted molar refractivity (Wildman–Crippen MR) is 121 cm³/mol. The fourth-order valence-electron chi connectivity index (χ4n) is 3.20. The van der Waals surface area contributed by atoms with E-state index in [9.17, 15) is 8.78 Å². The summed E-state index contributed by atoms with van der Waals surface area (Å²) in [4.78, 5) is 2.67. The van der Waals surface area contributed by atoms with Gasteiger partial charge in [0.1, 0.15) is 11.6 Å². The molecule has 0 aliphatic rings. The first-order valence-electron chi connectivity index (χ1n) is 9.70. The van der Waals surface area contributed by atoms with Crippen molar-refractivity contribution in [2.45, 2.75) is 33.1 Å². The fraction of sp³-hybridized carbons (Fsp3) is 0.200. The first-order chi connectivity index (χ1) is 14.1. The van der Waals surface area contributed by atoms with Crippen LogP contribution in [0.15, 0.2) is 48.5 Å². The minimum atomic E-state index is -0.605. The van der Waals surface area contributed by atoms with Crippen molar-refractivity contribution in [1.82, 2.24) is 0 Å². The Hall–Kier alpha value is -2.48. The Morgan fingerprint density at radius 2 is 1.52 bits per heavy atom. The lowest BCUT2D eigenvalue weighted by atomic mass is 10.1. The summed E-state index contributed by atoms with van der Waals surface area (Å²) >= 11 is 3.66. The molecule has 0 unspecified atom stereocenters. The molecule has 0 N–H and O–H groups in total. The zero-order valence-electron chi connectivity index (χ0n) is 16.3. The highest BCUT2D eigenvalue weighted by Crippen LogP contribution is 2.38. The molecule has 0 nitrogen and oxygen atoms in total. The molecular formula is C25H20F2S2. The number of hydrogen-bond donors (Lipinski definition) is 0. The van der Waals surface area contributed by atoms with E-state index in [0.29, 0.717) is 12.0 Å². The van der Waals surface area contributed by atoms with Crippen molar-refractivity contribution in [2.75, 3.05) is 0 Å².